The number of likely N-dealkylation sites (tertiary alicyclic amines) is 1. The van der Waals surface area contributed by atoms with Gasteiger partial charge in [0, 0.05) is 30.6 Å². The number of nitrogens with one attached hydrogen (secondary N) is 1. The summed E-state index contributed by atoms with van der Waals surface area (Å²) in [4.78, 5) is 18.5. The molecule has 2 atom stereocenters. The van der Waals surface area contributed by atoms with Gasteiger partial charge in [-0.2, -0.15) is 0 Å². The second-order valence-electron chi connectivity index (χ2n) is 8.27. The van der Waals surface area contributed by atoms with Crippen LogP contribution in [0.25, 0.3) is 0 Å². The van der Waals surface area contributed by atoms with Crippen molar-refractivity contribution < 1.29 is 19.4 Å². The van der Waals surface area contributed by atoms with Gasteiger partial charge in [-0.1, -0.05) is 39.0 Å². The topological polar surface area (TPSA) is 83.9 Å². The Balaban J connectivity index is 1.43. The van der Waals surface area contributed by atoms with Crippen LogP contribution in [0.5, 0.6) is 5.75 Å². The van der Waals surface area contributed by atoms with E-state index in [0.29, 0.717) is 19.5 Å². The molecule has 0 bridgehead atoms. The number of aromatic nitrogens is 1. The molecule has 1 aromatic heterocycles. The first kappa shape index (κ1) is 24.5. The first-order valence-electron chi connectivity index (χ1n) is 11.5. The molecule has 2 N–H and O–H groups in total. The lowest BCUT2D eigenvalue weighted by atomic mass is 10.1. The molecule has 32 heavy (non-hydrogen) atoms. The minimum atomic E-state index is -0.517. The number of unbranched alkanes of at least 4 members (excludes halogenated alkanes) is 5. The van der Waals surface area contributed by atoms with E-state index in [1.807, 2.05) is 34.5 Å². The summed E-state index contributed by atoms with van der Waals surface area (Å²) in [6.45, 7) is 3.93. The summed E-state index contributed by atoms with van der Waals surface area (Å²) < 4.78 is 10.7. The highest BCUT2D eigenvalue weighted by molar-refractivity contribution is 7.13. The van der Waals surface area contributed by atoms with E-state index in [9.17, 15) is 9.90 Å². The van der Waals surface area contributed by atoms with Crippen molar-refractivity contribution in [1.82, 2.24) is 9.88 Å². The number of ether oxygens (including phenoxy) is 2. The zero-order valence-corrected chi connectivity index (χ0v) is 19.9. The van der Waals surface area contributed by atoms with E-state index in [4.69, 9.17) is 9.47 Å². The van der Waals surface area contributed by atoms with Gasteiger partial charge in [0.25, 0.3) is 0 Å². The number of carbonyl (C=O) groups excluding carboxylic acids is 1. The van der Waals surface area contributed by atoms with Gasteiger partial charge in [-0.25, -0.2) is 4.98 Å². The first-order chi connectivity index (χ1) is 15.6. The highest BCUT2D eigenvalue weighted by Gasteiger charge is 2.36. The molecule has 2 aromatic rings. The Labute approximate surface area is 194 Å². The molecule has 7 nitrogen and oxygen atoms in total. The van der Waals surface area contributed by atoms with Crippen molar-refractivity contribution in [2.75, 3.05) is 25.6 Å². The lowest BCUT2D eigenvalue weighted by Gasteiger charge is -2.20. The molecule has 1 saturated heterocycles. The molecule has 176 valence electrons. The second kappa shape index (κ2) is 12.8. The maximum Gasteiger partial charge on any atom is 0.323 e. The minimum absolute atomic E-state index is 0.311. The number of β-amino-alcohol motifs (C(OH)–C–C–N with tert-alkyl or cyclic N) is 1. The number of anilines is 2. The Kier molecular flexibility index (Phi) is 9.77. The van der Waals surface area contributed by atoms with Crippen LogP contribution in [0.1, 0.15) is 57.6 Å². The number of rotatable bonds is 13. The van der Waals surface area contributed by atoms with Crippen LogP contribution in [-0.2, 0) is 16.1 Å². The molecule has 3 rings (SSSR count). The molecule has 8 heteroatoms. The van der Waals surface area contributed by atoms with Crippen LogP contribution in [-0.4, -0.2) is 53.4 Å². The average Bonchev–Trinajstić information content (AvgIpc) is 3.39. The predicted octanol–water partition coefficient (Wildman–Crippen LogP) is 4.73. The van der Waals surface area contributed by atoms with Crippen LogP contribution in [0.2, 0.25) is 0 Å². The molecule has 1 unspecified atom stereocenters. The number of esters is 1. The van der Waals surface area contributed by atoms with Crippen molar-refractivity contribution in [3.8, 4) is 5.75 Å². The molecule has 1 aliphatic heterocycles. The van der Waals surface area contributed by atoms with E-state index in [-0.39, 0.29) is 5.97 Å². The fraction of sp³-hybridized carbons (Fsp3) is 0.583. The third kappa shape index (κ3) is 7.46. The normalized spacial score (nSPS) is 18.6. The maximum absolute atomic E-state index is 12.0. The van der Waals surface area contributed by atoms with Crippen LogP contribution in [0.15, 0.2) is 29.6 Å². The summed E-state index contributed by atoms with van der Waals surface area (Å²) in [6, 6.07) is 7.50. The van der Waals surface area contributed by atoms with Gasteiger partial charge < -0.3 is 19.9 Å². The number of nitrogens with zero attached hydrogens (tertiary/aromatic N) is 2. The van der Waals surface area contributed by atoms with Gasteiger partial charge in [-0.05, 0) is 30.7 Å². The Morgan fingerprint density at radius 1 is 1.22 bits per heavy atom. The number of hydrogen-bond acceptors (Lipinski definition) is 8. The predicted molar refractivity (Wildman–Crippen MR) is 128 cm³/mol. The zero-order valence-electron chi connectivity index (χ0n) is 19.1. The highest BCUT2D eigenvalue weighted by Crippen LogP contribution is 2.26. The van der Waals surface area contributed by atoms with Crippen LogP contribution in [0, 0.1) is 0 Å². The quantitative estimate of drug-likeness (QED) is 0.329. The van der Waals surface area contributed by atoms with E-state index in [2.05, 4.69) is 17.2 Å². The third-order valence-corrected chi connectivity index (χ3v) is 6.45. The average molecular weight is 462 g/mol. The van der Waals surface area contributed by atoms with Gasteiger partial charge in [-0.3, -0.25) is 9.69 Å². The fourth-order valence-corrected chi connectivity index (χ4v) is 4.63. The molecule has 1 aromatic carbocycles. The molecular weight excluding hydrogens is 426 g/mol. The maximum atomic E-state index is 12.0. The molecule has 0 radical (unpaired) electrons. The summed E-state index contributed by atoms with van der Waals surface area (Å²) in [7, 11) is 1.38. The lowest BCUT2D eigenvalue weighted by molar-refractivity contribution is -0.146. The SMILES string of the molecule is CCCCCCCCOc1ccc(Nc2nc(CN3C[C@H](O)CC3C(=O)OC)cs2)cc1. The molecular formula is C24H35N3O4S. The number of benzene rings is 1. The van der Waals surface area contributed by atoms with Gasteiger partial charge in [-0.15, -0.1) is 11.3 Å². The van der Waals surface area contributed by atoms with Gasteiger partial charge in [0.1, 0.15) is 11.8 Å². The Morgan fingerprint density at radius 3 is 2.72 bits per heavy atom. The molecule has 0 spiro atoms. The Morgan fingerprint density at radius 2 is 1.97 bits per heavy atom. The number of hydrogen-bond donors (Lipinski definition) is 2. The van der Waals surface area contributed by atoms with E-state index in [1.54, 1.807) is 0 Å². The zero-order chi connectivity index (χ0) is 22.8. The molecule has 0 saturated carbocycles. The van der Waals surface area contributed by atoms with Gasteiger partial charge >= 0.3 is 5.97 Å². The molecule has 2 heterocycles. The minimum Gasteiger partial charge on any atom is -0.494 e. The molecule has 0 aliphatic carbocycles. The van der Waals surface area contributed by atoms with Crippen molar-refractivity contribution in [3.05, 3.63) is 35.3 Å². The lowest BCUT2D eigenvalue weighted by Crippen LogP contribution is -2.36. The summed E-state index contributed by atoms with van der Waals surface area (Å²) in [5.74, 6) is 0.569. The summed E-state index contributed by atoms with van der Waals surface area (Å²) in [5, 5.41) is 16.0. The van der Waals surface area contributed by atoms with Crippen molar-refractivity contribution in [2.45, 2.75) is 70.6 Å². The van der Waals surface area contributed by atoms with Gasteiger partial charge in [0.2, 0.25) is 0 Å². The van der Waals surface area contributed by atoms with Crippen LogP contribution < -0.4 is 10.1 Å². The van der Waals surface area contributed by atoms with Crippen LogP contribution in [0.4, 0.5) is 10.8 Å². The number of thiazole rings is 1. The summed E-state index contributed by atoms with van der Waals surface area (Å²) in [6.07, 6.45) is 7.41. The van der Waals surface area contributed by atoms with Crippen molar-refractivity contribution in [3.63, 3.8) is 0 Å². The number of aliphatic hydroxyl groups excluding tert-OH is 1. The Hall–Kier alpha value is -2.16. The summed E-state index contributed by atoms with van der Waals surface area (Å²) >= 11 is 1.51. The highest BCUT2D eigenvalue weighted by atomic mass is 32.1. The van der Waals surface area contributed by atoms with E-state index >= 15 is 0 Å². The van der Waals surface area contributed by atoms with Gasteiger partial charge in [0.05, 0.1) is 25.5 Å². The standard InChI is InChI=1S/C24H35N3O4S/c1-3-4-5-6-7-8-13-31-21-11-9-18(10-12-21)25-24-26-19(17-32-24)15-27-16-20(28)14-22(27)23(29)30-2/h9-12,17,20,22,28H,3-8,13-16H2,1-2H3,(H,25,26)/t20-,22?/m1/s1. The first-order valence-corrected chi connectivity index (χ1v) is 12.4. The number of aliphatic hydroxyl groups is 1. The monoisotopic (exact) mass is 461 g/mol. The second-order valence-corrected chi connectivity index (χ2v) is 9.13. The fourth-order valence-electron chi connectivity index (χ4n) is 3.91. The summed E-state index contributed by atoms with van der Waals surface area (Å²) in [5.41, 5.74) is 1.81. The Bertz CT molecular complexity index is 827. The molecule has 0 amide bonds. The van der Waals surface area contributed by atoms with Crippen molar-refractivity contribution in [2.24, 2.45) is 0 Å². The van der Waals surface area contributed by atoms with E-state index in [1.165, 1.54) is 50.6 Å². The third-order valence-electron chi connectivity index (χ3n) is 5.64. The van der Waals surface area contributed by atoms with Crippen LogP contribution >= 0.6 is 11.3 Å². The van der Waals surface area contributed by atoms with E-state index < -0.39 is 12.1 Å². The van der Waals surface area contributed by atoms with Crippen molar-refractivity contribution in [1.29, 1.82) is 0 Å². The smallest absolute Gasteiger partial charge is 0.323 e. The van der Waals surface area contributed by atoms with Gasteiger partial charge in [0.15, 0.2) is 5.13 Å². The van der Waals surface area contributed by atoms with Crippen molar-refractivity contribution >= 4 is 28.1 Å². The number of methoxy groups -OCH3 is 1. The number of carbonyl (C=O) groups is 1. The molecule has 1 fully saturated rings. The van der Waals surface area contributed by atoms with Crippen LogP contribution in [0.3, 0.4) is 0 Å². The molecule has 1 aliphatic rings. The largest absolute Gasteiger partial charge is 0.494 e. The van der Waals surface area contributed by atoms with E-state index in [0.717, 1.165) is 35.3 Å².